The zero-order valence-corrected chi connectivity index (χ0v) is 20.7. The van der Waals surface area contributed by atoms with Gasteiger partial charge in [0.2, 0.25) is 11.8 Å². The summed E-state index contributed by atoms with van der Waals surface area (Å²) in [6.07, 6.45) is 1.37. The molecule has 7 atom stereocenters. The molecule has 2 amide bonds. The van der Waals surface area contributed by atoms with Gasteiger partial charge in [-0.1, -0.05) is 32.4 Å². The lowest BCUT2D eigenvalue weighted by molar-refractivity contribution is -0.155. The van der Waals surface area contributed by atoms with Crippen LogP contribution in [0.15, 0.2) is 18.2 Å². The smallest absolute Gasteiger partial charge is 0.312 e. The second-order valence-electron chi connectivity index (χ2n) is 10.00. The number of benzene rings is 1. The highest BCUT2D eigenvalue weighted by Crippen LogP contribution is 2.59. The molecule has 0 unspecified atom stereocenters. The Balaban J connectivity index is 1.77. The number of aliphatic hydroxyl groups is 1. The van der Waals surface area contributed by atoms with Gasteiger partial charge in [0.25, 0.3) is 0 Å². The number of rotatable bonds is 8. The monoisotopic (exact) mass is 472 g/mol. The fourth-order valence-electron chi connectivity index (χ4n) is 6.14. The van der Waals surface area contributed by atoms with E-state index in [2.05, 4.69) is 5.32 Å². The fourth-order valence-corrected chi connectivity index (χ4v) is 6.14. The lowest BCUT2D eigenvalue weighted by Gasteiger charge is -2.38. The van der Waals surface area contributed by atoms with Crippen LogP contribution in [0.1, 0.15) is 51.2 Å². The van der Waals surface area contributed by atoms with Crippen molar-refractivity contribution in [3.8, 4) is 0 Å². The lowest BCUT2D eigenvalue weighted by atomic mass is 9.70. The number of carbonyl (C=O) groups excluding carboxylic acids is 3. The molecule has 8 heteroatoms. The molecule has 3 aliphatic heterocycles. The number of nitrogens with one attached hydrogen (secondary N) is 1. The summed E-state index contributed by atoms with van der Waals surface area (Å²) in [7, 11) is 0. The number of anilines is 1. The topological polar surface area (TPSA) is 105 Å². The Morgan fingerprint density at radius 3 is 2.71 bits per heavy atom. The van der Waals surface area contributed by atoms with Gasteiger partial charge >= 0.3 is 5.97 Å². The molecule has 3 saturated heterocycles. The van der Waals surface area contributed by atoms with Crippen molar-refractivity contribution in [1.82, 2.24) is 4.90 Å². The zero-order valence-electron chi connectivity index (χ0n) is 20.7. The Morgan fingerprint density at radius 2 is 2.06 bits per heavy atom. The molecule has 4 rings (SSSR count). The highest BCUT2D eigenvalue weighted by Gasteiger charge is 2.75. The molecular formula is C26H36N2O6. The van der Waals surface area contributed by atoms with Crippen molar-refractivity contribution in [2.75, 3.05) is 18.5 Å². The van der Waals surface area contributed by atoms with Crippen molar-refractivity contribution >= 4 is 23.5 Å². The maximum absolute atomic E-state index is 13.9. The molecule has 34 heavy (non-hydrogen) atoms. The number of nitrogens with zero attached hydrogens (tertiary/aromatic N) is 1. The minimum atomic E-state index is -1.11. The number of hydrogen-bond acceptors (Lipinski definition) is 6. The van der Waals surface area contributed by atoms with E-state index < -0.39 is 41.6 Å². The van der Waals surface area contributed by atoms with E-state index in [-0.39, 0.29) is 30.9 Å². The highest BCUT2D eigenvalue weighted by atomic mass is 16.6. The van der Waals surface area contributed by atoms with Crippen LogP contribution in [0.3, 0.4) is 0 Å². The standard InChI is InChI=1S/C26H36N2O6/c1-6-15(4)18(13-29)28-22(23(30)27-17-12-14(3)8-9-16(17)5)26-11-10-19(34-26)20(21(26)24(28)31)25(32)33-7-2/h8-9,12,15,18-22,29H,6-7,10-11,13H2,1-5H3,(H,27,30)/t15-,18-,19-,20+,21+,22-,26+/m0/s1. The van der Waals surface area contributed by atoms with Gasteiger partial charge in [-0.2, -0.15) is 0 Å². The molecule has 186 valence electrons. The molecule has 1 aromatic rings. The van der Waals surface area contributed by atoms with E-state index >= 15 is 0 Å². The van der Waals surface area contributed by atoms with Crippen molar-refractivity contribution in [2.24, 2.45) is 17.8 Å². The summed E-state index contributed by atoms with van der Waals surface area (Å²) in [5.74, 6) is -2.68. The predicted octanol–water partition coefficient (Wildman–Crippen LogP) is 2.59. The van der Waals surface area contributed by atoms with Gasteiger partial charge in [-0.05, 0) is 56.7 Å². The molecule has 8 nitrogen and oxygen atoms in total. The van der Waals surface area contributed by atoms with Gasteiger partial charge in [0, 0.05) is 5.69 Å². The predicted molar refractivity (Wildman–Crippen MR) is 126 cm³/mol. The molecular weight excluding hydrogens is 436 g/mol. The molecule has 3 aliphatic rings. The maximum Gasteiger partial charge on any atom is 0.312 e. The second-order valence-corrected chi connectivity index (χ2v) is 10.00. The van der Waals surface area contributed by atoms with Crippen LogP contribution in [0.4, 0.5) is 5.69 Å². The van der Waals surface area contributed by atoms with E-state index in [0.717, 1.165) is 17.5 Å². The molecule has 1 spiro atoms. The van der Waals surface area contributed by atoms with E-state index in [1.807, 2.05) is 45.9 Å². The van der Waals surface area contributed by atoms with Crippen LogP contribution < -0.4 is 5.32 Å². The van der Waals surface area contributed by atoms with Crippen molar-refractivity contribution in [3.05, 3.63) is 29.3 Å². The Kier molecular flexibility index (Phi) is 6.75. The Hall–Kier alpha value is -2.45. The summed E-state index contributed by atoms with van der Waals surface area (Å²) >= 11 is 0. The summed E-state index contributed by atoms with van der Waals surface area (Å²) in [5.41, 5.74) is 1.48. The van der Waals surface area contributed by atoms with Crippen LogP contribution in [0.25, 0.3) is 0 Å². The number of aryl methyl sites for hydroxylation is 2. The lowest BCUT2D eigenvalue weighted by Crippen LogP contribution is -2.57. The van der Waals surface area contributed by atoms with E-state index in [1.54, 1.807) is 6.92 Å². The number of likely N-dealkylation sites (tertiary alicyclic amines) is 1. The molecule has 2 N–H and O–H groups in total. The summed E-state index contributed by atoms with van der Waals surface area (Å²) in [4.78, 5) is 42.3. The van der Waals surface area contributed by atoms with E-state index in [9.17, 15) is 19.5 Å². The first-order valence-corrected chi connectivity index (χ1v) is 12.4. The number of ether oxygens (including phenoxy) is 2. The van der Waals surface area contributed by atoms with Crippen LogP contribution in [0.2, 0.25) is 0 Å². The summed E-state index contributed by atoms with van der Waals surface area (Å²) in [5, 5.41) is 13.3. The minimum absolute atomic E-state index is 0.0431. The van der Waals surface area contributed by atoms with Crippen LogP contribution in [0.5, 0.6) is 0 Å². The summed E-state index contributed by atoms with van der Waals surface area (Å²) < 4.78 is 11.7. The van der Waals surface area contributed by atoms with Gasteiger partial charge in [0.15, 0.2) is 0 Å². The number of fused-ring (bicyclic) bond motifs is 1. The van der Waals surface area contributed by atoms with Gasteiger partial charge in [0.05, 0.1) is 37.2 Å². The fraction of sp³-hybridized carbons (Fsp3) is 0.654. The molecule has 2 bridgehead atoms. The van der Waals surface area contributed by atoms with E-state index in [0.29, 0.717) is 18.5 Å². The highest BCUT2D eigenvalue weighted by molar-refractivity contribution is 6.03. The molecule has 0 radical (unpaired) electrons. The molecule has 3 fully saturated rings. The maximum atomic E-state index is 13.9. The number of carbonyl (C=O) groups is 3. The number of esters is 1. The third kappa shape index (κ3) is 3.71. The SMILES string of the molecule is CCOC(=O)[C@@H]1[C@@H]2CC[C@]3(O2)[C@H](C(=O)Nc2cc(C)ccc2C)N([C@@H](CO)[C@@H](C)CC)C(=O)[C@@H]13. The number of amides is 2. The van der Waals surface area contributed by atoms with Crippen molar-refractivity contribution in [3.63, 3.8) is 0 Å². The third-order valence-corrected chi connectivity index (χ3v) is 8.04. The van der Waals surface area contributed by atoms with Crippen LogP contribution in [-0.4, -0.2) is 64.8 Å². The molecule has 0 aliphatic carbocycles. The molecule has 3 heterocycles. The van der Waals surface area contributed by atoms with Gasteiger partial charge in [0.1, 0.15) is 11.6 Å². The third-order valence-electron chi connectivity index (χ3n) is 8.04. The van der Waals surface area contributed by atoms with E-state index in [4.69, 9.17) is 9.47 Å². The van der Waals surface area contributed by atoms with Crippen LogP contribution in [0, 0.1) is 31.6 Å². The van der Waals surface area contributed by atoms with E-state index in [1.165, 1.54) is 4.90 Å². The normalized spacial score (nSPS) is 31.4. The quantitative estimate of drug-likeness (QED) is 0.564. The summed E-state index contributed by atoms with van der Waals surface area (Å²) in [6, 6.07) is 4.31. The second kappa shape index (κ2) is 9.30. The largest absolute Gasteiger partial charge is 0.466 e. The number of aliphatic hydroxyl groups excluding tert-OH is 1. The Morgan fingerprint density at radius 1 is 1.32 bits per heavy atom. The molecule has 0 saturated carbocycles. The van der Waals surface area contributed by atoms with Crippen molar-refractivity contribution < 1.29 is 29.0 Å². The molecule has 1 aromatic carbocycles. The first kappa shape index (κ1) is 24.7. The van der Waals surface area contributed by atoms with Crippen molar-refractivity contribution in [1.29, 1.82) is 0 Å². The zero-order chi connectivity index (χ0) is 24.8. The summed E-state index contributed by atoms with van der Waals surface area (Å²) in [6.45, 7) is 9.48. The van der Waals surface area contributed by atoms with Crippen LogP contribution >= 0.6 is 0 Å². The average molecular weight is 473 g/mol. The molecule has 0 aromatic heterocycles. The first-order chi connectivity index (χ1) is 16.2. The first-order valence-electron chi connectivity index (χ1n) is 12.4. The van der Waals surface area contributed by atoms with Crippen LogP contribution in [-0.2, 0) is 23.9 Å². The van der Waals surface area contributed by atoms with Crippen molar-refractivity contribution in [2.45, 2.75) is 77.7 Å². The van der Waals surface area contributed by atoms with Gasteiger partial charge in [-0.3, -0.25) is 14.4 Å². The number of hydrogen-bond donors (Lipinski definition) is 2. The Bertz CT molecular complexity index is 980. The average Bonchev–Trinajstić information content (AvgIpc) is 3.44. The van der Waals surface area contributed by atoms with Gasteiger partial charge in [-0.25, -0.2) is 0 Å². The van der Waals surface area contributed by atoms with Gasteiger partial charge < -0.3 is 24.8 Å². The minimum Gasteiger partial charge on any atom is -0.466 e. The van der Waals surface area contributed by atoms with Gasteiger partial charge in [-0.15, -0.1) is 0 Å². The Labute approximate surface area is 201 Å².